The summed E-state index contributed by atoms with van der Waals surface area (Å²) in [7, 11) is 0. The van der Waals surface area contributed by atoms with Crippen LogP contribution < -0.4 is 0 Å². The Morgan fingerprint density at radius 3 is 2.84 bits per heavy atom. The van der Waals surface area contributed by atoms with E-state index in [0.717, 1.165) is 0 Å². The quantitative estimate of drug-likeness (QED) is 0.869. The zero-order valence-corrected chi connectivity index (χ0v) is 11.5. The van der Waals surface area contributed by atoms with Crippen LogP contribution in [-0.4, -0.2) is 28.2 Å². The molecule has 1 aromatic carbocycles. The molecule has 0 aliphatic carbocycles. The number of hydrogen-bond acceptors (Lipinski definition) is 4. The van der Waals surface area contributed by atoms with Gasteiger partial charge in [-0.1, -0.05) is 35.5 Å². The first-order valence-corrected chi connectivity index (χ1v) is 6.94. The van der Waals surface area contributed by atoms with Gasteiger partial charge < -0.3 is 10.0 Å². The topological polar surface area (TPSA) is 64.3 Å². The zero-order valence-electron chi connectivity index (χ0n) is 9.91. The molecule has 19 heavy (non-hydrogen) atoms. The number of carbonyl (C=O) groups is 1. The number of carbonyl (C=O) groups excluding carboxylic acids is 1. The molecule has 6 heteroatoms. The Balaban J connectivity index is 2.11. The van der Waals surface area contributed by atoms with Crippen molar-refractivity contribution in [3.05, 3.63) is 46.0 Å². The van der Waals surface area contributed by atoms with Crippen molar-refractivity contribution in [1.82, 2.24) is 4.90 Å². The summed E-state index contributed by atoms with van der Waals surface area (Å²) in [6.45, 7) is 0.140. The van der Waals surface area contributed by atoms with Crippen LogP contribution in [0.1, 0.15) is 11.7 Å². The maximum Gasteiger partial charge on any atom is 0.237 e. The summed E-state index contributed by atoms with van der Waals surface area (Å²) in [5, 5.41) is 20.0. The highest BCUT2D eigenvalue weighted by atomic mass is 35.5. The lowest BCUT2D eigenvalue weighted by Crippen LogP contribution is -2.29. The summed E-state index contributed by atoms with van der Waals surface area (Å²) in [6, 6.07) is 8.71. The fourth-order valence-corrected chi connectivity index (χ4v) is 2.77. The van der Waals surface area contributed by atoms with Gasteiger partial charge in [0.1, 0.15) is 0 Å². The van der Waals surface area contributed by atoms with Crippen LogP contribution in [0, 0.1) is 11.3 Å². The number of benzene rings is 1. The van der Waals surface area contributed by atoms with Crippen LogP contribution in [0.5, 0.6) is 0 Å². The normalized spacial score (nSPS) is 18.7. The second-order valence-corrected chi connectivity index (χ2v) is 5.40. The molecule has 0 radical (unpaired) electrons. The Morgan fingerprint density at radius 2 is 2.21 bits per heavy atom. The van der Waals surface area contributed by atoms with Crippen molar-refractivity contribution < 1.29 is 9.90 Å². The average Bonchev–Trinajstić information content (AvgIpc) is 2.73. The van der Waals surface area contributed by atoms with E-state index in [-0.39, 0.29) is 12.5 Å². The van der Waals surface area contributed by atoms with E-state index in [1.165, 1.54) is 22.7 Å². The largest absolute Gasteiger partial charge is 0.387 e. The van der Waals surface area contributed by atoms with Gasteiger partial charge in [0.2, 0.25) is 5.91 Å². The molecule has 1 amide bonds. The standard InChI is InChI=1S/C13H11ClN2O2S/c14-10-3-1-9(2-4-10)11(17)7-16-12(18)8-19-13(16)5-6-15/h1-5,11,17H,7-8H2. The number of thioether (sulfide) groups is 1. The average molecular weight is 295 g/mol. The summed E-state index contributed by atoms with van der Waals surface area (Å²) in [5.74, 6) is 0.209. The van der Waals surface area contributed by atoms with Crippen molar-refractivity contribution in [3.8, 4) is 6.07 Å². The lowest BCUT2D eigenvalue weighted by atomic mass is 10.1. The first-order valence-electron chi connectivity index (χ1n) is 5.58. The molecule has 1 atom stereocenters. The summed E-state index contributed by atoms with van der Waals surface area (Å²) >= 11 is 7.09. The molecule has 1 aliphatic heterocycles. The number of allylic oxidation sites excluding steroid dienone is 1. The number of β-amino-alcohol motifs (C(OH)–C–C–N with tert-alkyl or cyclic N) is 1. The molecule has 1 saturated heterocycles. The van der Waals surface area contributed by atoms with Crippen LogP contribution >= 0.6 is 23.4 Å². The smallest absolute Gasteiger partial charge is 0.237 e. The van der Waals surface area contributed by atoms with Gasteiger partial charge in [0.25, 0.3) is 0 Å². The summed E-state index contributed by atoms with van der Waals surface area (Å²) in [4.78, 5) is 13.1. The van der Waals surface area contributed by atoms with E-state index < -0.39 is 6.10 Å². The Kier molecular flexibility index (Phi) is 4.48. The highest BCUT2D eigenvalue weighted by Gasteiger charge is 2.28. The van der Waals surface area contributed by atoms with Gasteiger partial charge in [0, 0.05) is 11.1 Å². The van der Waals surface area contributed by atoms with Gasteiger partial charge >= 0.3 is 0 Å². The maximum atomic E-state index is 11.7. The molecular weight excluding hydrogens is 284 g/mol. The molecule has 98 valence electrons. The molecule has 0 bridgehead atoms. The van der Waals surface area contributed by atoms with Gasteiger partial charge in [-0.15, -0.1) is 0 Å². The molecule has 2 rings (SSSR count). The van der Waals surface area contributed by atoms with Crippen molar-refractivity contribution in [3.63, 3.8) is 0 Å². The molecule has 1 unspecified atom stereocenters. The van der Waals surface area contributed by atoms with Crippen molar-refractivity contribution in [2.24, 2.45) is 0 Å². The molecule has 1 aromatic rings. The molecule has 0 spiro atoms. The van der Waals surface area contributed by atoms with Gasteiger partial charge in [-0.25, -0.2) is 0 Å². The fourth-order valence-electron chi connectivity index (χ4n) is 1.74. The highest BCUT2D eigenvalue weighted by Crippen LogP contribution is 2.30. The lowest BCUT2D eigenvalue weighted by molar-refractivity contribution is -0.126. The summed E-state index contributed by atoms with van der Waals surface area (Å²) in [5.41, 5.74) is 0.686. The third-order valence-electron chi connectivity index (χ3n) is 2.71. The molecule has 1 fully saturated rings. The van der Waals surface area contributed by atoms with Gasteiger partial charge in [-0.3, -0.25) is 4.79 Å². The van der Waals surface area contributed by atoms with Crippen LogP contribution in [0.2, 0.25) is 5.02 Å². The predicted octanol–water partition coefficient (Wildman–Crippen LogP) is 2.31. The van der Waals surface area contributed by atoms with E-state index in [0.29, 0.717) is 21.4 Å². The minimum absolute atomic E-state index is 0.0977. The van der Waals surface area contributed by atoms with Crippen LogP contribution in [0.4, 0.5) is 0 Å². The van der Waals surface area contributed by atoms with Gasteiger partial charge in [0.05, 0.1) is 29.5 Å². The molecule has 0 saturated carbocycles. The molecule has 1 aliphatic rings. The van der Waals surface area contributed by atoms with E-state index in [2.05, 4.69) is 0 Å². The SMILES string of the molecule is N#CC=C1SCC(=O)N1CC(O)c1ccc(Cl)cc1. The molecule has 0 aromatic heterocycles. The number of hydrogen-bond donors (Lipinski definition) is 1. The number of rotatable bonds is 3. The van der Waals surface area contributed by atoms with Crippen molar-refractivity contribution >= 4 is 29.3 Å². The third-order valence-corrected chi connectivity index (χ3v) is 3.99. The van der Waals surface area contributed by atoms with Crippen LogP contribution in [-0.2, 0) is 4.79 Å². The Morgan fingerprint density at radius 1 is 1.53 bits per heavy atom. The molecule has 4 nitrogen and oxygen atoms in total. The monoisotopic (exact) mass is 294 g/mol. The number of nitrogens with zero attached hydrogens (tertiary/aromatic N) is 2. The maximum absolute atomic E-state index is 11.7. The van der Waals surface area contributed by atoms with Crippen molar-refractivity contribution in [1.29, 1.82) is 5.26 Å². The molecular formula is C13H11ClN2O2S. The highest BCUT2D eigenvalue weighted by molar-refractivity contribution is 8.04. The fraction of sp³-hybridized carbons (Fsp3) is 0.231. The first kappa shape index (κ1) is 13.9. The Bertz CT molecular complexity index is 551. The second-order valence-electron chi connectivity index (χ2n) is 3.97. The third kappa shape index (κ3) is 3.29. The van der Waals surface area contributed by atoms with Crippen LogP contribution in [0.15, 0.2) is 35.4 Å². The lowest BCUT2D eigenvalue weighted by Gasteiger charge is -2.20. The first-order chi connectivity index (χ1) is 9.11. The molecule has 1 N–H and O–H groups in total. The van der Waals surface area contributed by atoms with Crippen molar-refractivity contribution in [2.75, 3.05) is 12.3 Å². The number of nitriles is 1. The Labute approximate surface area is 120 Å². The van der Waals surface area contributed by atoms with E-state index in [1.54, 1.807) is 24.3 Å². The summed E-state index contributed by atoms with van der Waals surface area (Å²) in [6.07, 6.45) is 0.520. The van der Waals surface area contributed by atoms with E-state index >= 15 is 0 Å². The zero-order chi connectivity index (χ0) is 13.8. The number of amides is 1. The number of halogens is 1. The minimum Gasteiger partial charge on any atom is -0.387 e. The number of aliphatic hydroxyl groups excluding tert-OH is 1. The van der Waals surface area contributed by atoms with Crippen LogP contribution in [0.3, 0.4) is 0 Å². The van der Waals surface area contributed by atoms with Gasteiger partial charge in [-0.05, 0) is 17.7 Å². The Hall–Kier alpha value is -1.48. The van der Waals surface area contributed by atoms with Crippen LogP contribution in [0.25, 0.3) is 0 Å². The van der Waals surface area contributed by atoms with Gasteiger partial charge in [-0.2, -0.15) is 5.26 Å². The van der Waals surface area contributed by atoms with E-state index in [1.807, 2.05) is 6.07 Å². The van der Waals surface area contributed by atoms with Gasteiger partial charge in [0.15, 0.2) is 0 Å². The van der Waals surface area contributed by atoms with E-state index in [9.17, 15) is 9.90 Å². The summed E-state index contributed by atoms with van der Waals surface area (Å²) < 4.78 is 0. The number of aliphatic hydroxyl groups is 1. The second kappa shape index (κ2) is 6.11. The van der Waals surface area contributed by atoms with Crippen molar-refractivity contribution in [2.45, 2.75) is 6.10 Å². The molecule has 1 heterocycles. The van der Waals surface area contributed by atoms with E-state index in [4.69, 9.17) is 16.9 Å². The predicted molar refractivity (Wildman–Crippen MR) is 74.3 cm³/mol. The minimum atomic E-state index is -0.804.